The fourth-order valence-electron chi connectivity index (χ4n) is 1.17. The van der Waals surface area contributed by atoms with Crippen molar-refractivity contribution in [3.05, 3.63) is 22.8 Å². The van der Waals surface area contributed by atoms with Crippen molar-refractivity contribution in [2.45, 2.75) is 13.3 Å². The maximum atomic E-state index is 5.90. The molecule has 1 aromatic carbocycles. The van der Waals surface area contributed by atoms with Crippen LogP contribution in [0.2, 0.25) is 0 Å². The van der Waals surface area contributed by atoms with Crippen molar-refractivity contribution in [2.75, 3.05) is 12.4 Å². The molecule has 16 heavy (non-hydrogen) atoms. The fraction of sp³-hybridized carbons (Fsp3) is 0.455. The first kappa shape index (κ1) is 15.6. The van der Waals surface area contributed by atoms with Crippen LogP contribution in [-0.4, -0.2) is 12.4 Å². The maximum Gasteiger partial charge on any atom is 0.146 e. The molecule has 1 nitrogen and oxygen atoms in total. The normalized spacial score (nSPS) is 12.6. The van der Waals surface area contributed by atoms with Crippen LogP contribution in [0.1, 0.15) is 13.3 Å². The van der Waals surface area contributed by atoms with E-state index in [1.165, 1.54) is 10.7 Å². The third kappa shape index (κ3) is 4.68. The van der Waals surface area contributed by atoms with Crippen molar-refractivity contribution in [1.29, 1.82) is 0 Å². The molecular formula is C11H13I3OS. The lowest BCUT2D eigenvalue weighted by Crippen LogP contribution is -2.13. The Hall–Kier alpha value is 1.56. The van der Waals surface area contributed by atoms with Crippen molar-refractivity contribution >= 4 is 80.4 Å². The van der Waals surface area contributed by atoms with Crippen molar-refractivity contribution < 1.29 is 4.74 Å². The van der Waals surface area contributed by atoms with Crippen LogP contribution in [0.4, 0.5) is 0 Å². The lowest BCUT2D eigenvalue weighted by molar-refractivity contribution is 0.256. The summed E-state index contributed by atoms with van der Waals surface area (Å²) in [6, 6.07) is 4.28. The summed E-state index contributed by atoms with van der Waals surface area (Å²) in [4.78, 5) is 0. The molecule has 5 heteroatoms. The van der Waals surface area contributed by atoms with Gasteiger partial charge in [-0.15, -0.1) is 0 Å². The number of halogens is 3. The molecule has 0 aromatic heterocycles. The smallest absolute Gasteiger partial charge is 0.146 e. The lowest BCUT2D eigenvalue weighted by Gasteiger charge is -2.15. The largest absolute Gasteiger partial charge is 0.491 e. The molecule has 90 valence electrons. The van der Waals surface area contributed by atoms with E-state index in [-0.39, 0.29) is 0 Å². The van der Waals surface area contributed by atoms with Crippen LogP contribution >= 0.6 is 80.4 Å². The Bertz CT molecular complexity index is 330. The number of ether oxygens (including phenoxy) is 1. The van der Waals surface area contributed by atoms with Gasteiger partial charge in [0, 0.05) is 9.49 Å². The molecule has 0 aliphatic heterocycles. The molecule has 0 saturated carbocycles. The average Bonchev–Trinajstić information content (AvgIpc) is 2.22. The Labute approximate surface area is 143 Å². The molecule has 0 fully saturated rings. The van der Waals surface area contributed by atoms with Crippen LogP contribution < -0.4 is 4.74 Å². The summed E-state index contributed by atoms with van der Waals surface area (Å²) in [5.74, 6) is 2.43. The first-order valence-electron chi connectivity index (χ1n) is 4.96. The number of hydrogen-bond acceptors (Lipinski definition) is 2. The summed E-state index contributed by atoms with van der Waals surface area (Å²) in [6.07, 6.45) is 1.11. The van der Waals surface area contributed by atoms with Gasteiger partial charge in [0.1, 0.15) is 5.75 Å². The average molecular weight is 574 g/mol. The zero-order valence-electron chi connectivity index (χ0n) is 8.84. The highest BCUT2D eigenvalue weighted by molar-refractivity contribution is 14.1. The molecule has 0 aliphatic rings. The van der Waals surface area contributed by atoms with E-state index >= 15 is 0 Å². The fourth-order valence-corrected chi connectivity index (χ4v) is 5.43. The quantitative estimate of drug-likeness (QED) is 0.392. The standard InChI is InChI=1S/C11H13I3OS/c1-2-7(6-16)5-15-11-9(13)3-8(12)4-10(11)14/h3-4,7,16H,2,5-6H2,1H3. The molecule has 1 rings (SSSR count). The molecule has 0 bridgehead atoms. The van der Waals surface area contributed by atoms with Crippen molar-refractivity contribution in [3.63, 3.8) is 0 Å². The summed E-state index contributed by atoms with van der Waals surface area (Å²) in [5.41, 5.74) is 0. The molecule has 0 heterocycles. The molecule has 0 amide bonds. The Kier molecular flexibility index (Phi) is 7.69. The Morgan fingerprint density at radius 3 is 2.25 bits per heavy atom. The zero-order valence-corrected chi connectivity index (χ0v) is 16.2. The first-order valence-corrected chi connectivity index (χ1v) is 8.83. The SMILES string of the molecule is CCC(CS)COc1c(I)cc(I)cc1I. The zero-order chi connectivity index (χ0) is 12.1. The van der Waals surface area contributed by atoms with Gasteiger partial charge < -0.3 is 4.74 Å². The van der Waals surface area contributed by atoms with Crippen LogP contribution in [0.3, 0.4) is 0 Å². The summed E-state index contributed by atoms with van der Waals surface area (Å²) >= 11 is 11.3. The summed E-state index contributed by atoms with van der Waals surface area (Å²) in [7, 11) is 0. The van der Waals surface area contributed by atoms with E-state index in [0.717, 1.165) is 24.5 Å². The monoisotopic (exact) mass is 574 g/mol. The molecule has 1 unspecified atom stereocenters. The Balaban J connectivity index is 2.74. The van der Waals surface area contributed by atoms with Gasteiger partial charge in [-0.3, -0.25) is 0 Å². The second kappa shape index (κ2) is 7.88. The number of hydrogen-bond donors (Lipinski definition) is 1. The summed E-state index contributed by atoms with van der Waals surface area (Å²) in [5, 5.41) is 0. The predicted octanol–water partition coefficient (Wildman–Crippen LogP) is 4.84. The highest BCUT2D eigenvalue weighted by atomic mass is 127. The topological polar surface area (TPSA) is 9.23 Å². The number of rotatable bonds is 5. The van der Waals surface area contributed by atoms with E-state index in [1.54, 1.807) is 0 Å². The molecule has 0 saturated heterocycles. The van der Waals surface area contributed by atoms with Gasteiger partial charge in [0.15, 0.2) is 0 Å². The van der Waals surface area contributed by atoms with Crippen molar-refractivity contribution in [2.24, 2.45) is 5.92 Å². The van der Waals surface area contributed by atoms with Gasteiger partial charge >= 0.3 is 0 Å². The number of thiol groups is 1. The van der Waals surface area contributed by atoms with Gasteiger partial charge in [-0.25, -0.2) is 0 Å². The minimum absolute atomic E-state index is 0.536. The van der Waals surface area contributed by atoms with Crippen LogP contribution in [0.15, 0.2) is 12.1 Å². The molecule has 0 spiro atoms. The first-order chi connectivity index (χ1) is 7.58. The highest BCUT2D eigenvalue weighted by Gasteiger charge is 2.11. The molecule has 0 radical (unpaired) electrons. The van der Waals surface area contributed by atoms with Gasteiger partial charge in [-0.1, -0.05) is 6.92 Å². The maximum absolute atomic E-state index is 5.90. The third-order valence-electron chi connectivity index (χ3n) is 2.26. The van der Waals surface area contributed by atoms with Gasteiger partial charge in [-0.05, 0) is 92.1 Å². The van der Waals surface area contributed by atoms with Crippen LogP contribution in [-0.2, 0) is 0 Å². The van der Waals surface area contributed by atoms with E-state index in [2.05, 4.69) is 99.5 Å². The predicted molar refractivity (Wildman–Crippen MR) is 97.7 cm³/mol. The highest BCUT2D eigenvalue weighted by Crippen LogP contribution is 2.30. The van der Waals surface area contributed by atoms with E-state index in [4.69, 9.17) is 4.74 Å². The molecule has 0 N–H and O–H groups in total. The summed E-state index contributed by atoms with van der Waals surface area (Å²) < 4.78 is 9.52. The van der Waals surface area contributed by atoms with Gasteiger partial charge in [0.2, 0.25) is 0 Å². The van der Waals surface area contributed by atoms with Gasteiger partial charge in [-0.2, -0.15) is 12.6 Å². The van der Waals surface area contributed by atoms with Gasteiger partial charge in [0.05, 0.1) is 13.7 Å². The van der Waals surface area contributed by atoms with Gasteiger partial charge in [0.25, 0.3) is 0 Å². The second-order valence-electron chi connectivity index (χ2n) is 3.47. The second-order valence-corrected chi connectivity index (χ2v) is 7.40. The van der Waals surface area contributed by atoms with E-state index in [0.29, 0.717) is 5.92 Å². The lowest BCUT2D eigenvalue weighted by atomic mass is 10.1. The number of benzene rings is 1. The minimum Gasteiger partial charge on any atom is -0.491 e. The summed E-state index contributed by atoms with van der Waals surface area (Å²) in [6.45, 7) is 2.93. The van der Waals surface area contributed by atoms with Crippen LogP contribution in [0, 0.1) is 16.6 Å². The molecule has 1 atom stereocenters. The third-order valence-corrected chi connectivity index (χ3v) is 5.00. The van der Waals surface area contributed by atoms with E-state index < -0.39 is 0 Å². The van der Waals surface area contributed by atoms with Crippen LogP contribution in [0.25, 0.3) is 0 Å². The van der Waals surface area contributed by atoms with E-state index in [1.807, 2.05) is 0 Å². The van der Waals surface area contributed by atoms with E-state index in [9.17, 15) is 0 Å². The Morgan fingerprint density at radius 2 is 1.81 bits per heavy atom. The Morgan fingerprint density at radius 1 is 1.25 bits per heavy atom. The minimum atomic E-state index is 0.536. The molecule has 0 aliphatic carbocycles. The molecular weight excluding hydrogens is 561 g/mol. The molecule has 1 aromatic rings. The van der Waals surface area contributed by atoms with Crippen LogP contribution in [0.5, 0.6) is 5.75 Å². The van der Waals surface area contributed by atoms with Crippen molar-refractivity contribution in [1.82, 2.24) is 0 Å². The van der Waals surface area contributed by atoms with Crippen molar-refractivity contribution in [3.8, 4) is 5.75 Å².